The van der Waals surface area contributed by atoms with Crippen LogP contribution in [0.5, 0.6) is 11.5 Å². The third-order valence-corrected chi connectivity index (χ3v) is 4.06. The SMILES string of the molecule is CC(C)C1CSC(Nc2ccc3c(c2)OCO3)=N1. The highest BCUT2D eigenvalue weighted by Crippen LogP contribution is 2.35. The van der Waals surface area contributed by atoms with E-state index in [1.54, 1.807) is 11.8 Å². The standard InChI is InChI=1S/C13H16N2O2S/c1-8(2)10-6-18-13(15-10)14-9-3-4-11-12(5-9)17-7-16-11/h3-5,8,10H,6-7H2,1-2H3,(H,14,15). The van der Waals surface area contributed by atoms with Gasteiger partial charge in [-0.25, -0.2) is 0 Å². The highest BCUT2D eigenvalue weighted by molar-refractivity contribution is 8.14. The quantitative estimate of drug-likeness (QED) is 0.892. The van der Waals surface area contributed by atoms with Crippen LogP contribution in [-0.2, 0) is 0 Å². The summed E-state index contributed by atoms with van der Waals surface area (Å²) in [6, 6.07) is 6.28. The Morgan fingerprint density at radius 3 is 2.94 bits per heavy atom. The maximum absolute atomic E-state index is 5.35. The minimum atomic E-state index is 0.309. The van der Waals surface area contributed by atoms with Gasteiger partial charge in [0.25, 0.3) is 0 Å². The molecule has 5 heteroatoms. The first-order chi connectivity index (χ1) is 8.72. The third kappa shape index (κ3) is 2.27. The molecule has 0 saturated heterocycles. The van der Waals surface area contributed by atoms with Crippen molar-refractivity contribution < 1.29 is 9.47 Å². The number of rotatable bonds is 2. The van der Waals surface area contributed by atoms with Crippen molar-refractivity contribution in [3.8, 4) is 11.5 Å². The summed E-state index contributed by atoms with van der Waals surface area (Å²) in [4.78, 5) is 4.67. The van der Waals surface area contributed by atoms with Gasteiger partial charge in [0.1, 0.15) is 0 Å². The maximum Gasteiger partial charge on any atom is 0.231 e. The van der Waals surface area contributed by atoms with Crippen LogP contribution in [0.2, 0.25) is 0 Å². The number of amidine groups is 1. The number of nitrogens with one attached hydrogen (secondary N) is 1. The molecule has 1 atom stereocenters. The van der Waals surface area contributed by atoms with Crippen LogP contribution in [0.4, 0.5) is 5.69 Å². The summed E-state index contributed by atoms with van der Waals surface area (Å²) < 4.78 is 10.6. The zero-order chi connectivity index (χ0) is 12.5. The highest BCUT2D eigenvalue weighted by atomic mass is 32.2. The lowest BCUT2D eigenvalue weighted by Crippen LogP contribution is -2.12. The second-order valence-corrected chi connectivity index (χ2v) is 5.76. The van der Waals surface area contributed by atoms with Gasteiger partial charge in [-0.15, -0.1) is 0 Å². The monoisotopic (exact) mass is 264 g/mol. The number of fused-ring (bicyclic) bond motifs is 1. The van der Waals surface area contributed by atoms with Gasteiger partial charge in [-0.1, -0.05) is 25.6 Å². The predicted molar refractivity (Wildman–Crippen MR) is 74.7 cm³/mol. The molecule has 0 saturated carbocycles. The Morgan fingerprint density at radius 1 is 1.33 bits per heavy atom. The fourth-order valence-corrected chi connectivity index (χ4v) is 3.09. The lowest BCUT2D eigenvalue weighted by molar-refractivity contribution is 0.174. The van der Waals surface area contributed by atoms with E-state index in [0.29, 0.717) is 18.8 Å². The van der Waals surface area contributed by atoms with Crippen LogP contribution in [0.25, 0.3) is 0 Å². The molecule has 0 spiro atoms. The molecule has 2 aliphatic rings. The molecular formula is C13H16N2O2S. The van der Waals surface area contributed by atoms with Gasteiger partial charge in [0.05, 0.1) is 6.04 Å². The van der Waals surface area contributed by atoms with Gasteiger partial charge in [0.15, 0.2) is 16.7 Å². The summed E-state index contributed by atoms with van der Waals surface area (Å²) in [5, 5.41) is 4.33. The summed E-state index contributed by atoms with van der Waals surface area (Å²) in [7, 11) is 0. The van der Waals surface area contributed by atoms with E-state index < -0.39 is 0 Å². The Balaban J connectivity index is 1.72. The second kappa shape index (κ2) is 4.72. The van der Waals surface area contributed by atoms with Gasteiger partial charge in [-0.05, 0) is 18.1 Å². The lowest BCUT2D eigenvalue weighted by Gasteiger charge is -2.08. The summed E-state index contributed by atoms with van der Waals surface area (Å²) in [6.07, 6.45) is 0. The van der Waals surface area contributed by atoms with Crippen molar-refractivity contribution in [3.63, 3.8) is 0 Å². The van der Waals surface area contributed by atoms with Gasteiger partial charge >= 0.3 is 0 Å². The second-order valence-electron chi connectivity index (χ2n) is 4.75. The zero-order valence-electron chi connectivity index (χ0n) is 10.5. The Morgan fingerprint density at radius 2 is 2.17 bits per heavy atom. The molecule has 0 radical (unpaired) electrons. The number of benzene rings is 1. The molecule has 4 nitrogen and oxygen atoms in total. The molecular weight excluding hydrogens is 248 g/mol. The number of aliphatic imine (C=N–C) groups is 1. The first kappa shape index (κ1) is 11.7. The number of anilines is 1. The molecule has 1 unspecified atom stereocenters. The normalized spacial score (nSPS) is 21.3. The first-order valence-electron chi connectivity index (χ1n) is 6.09. The van der Waals surface area contributed by atoms with Crippen LogP contribution >= 0.6 is 11.8 Å². The Hall–Kier alpha value is -1.36. The van der Waals surface area contributed by atoms with Crippen LogP contribution in [-0.4, -0.2) is 23.8 Å². The van der Waals surface area contributed by atoms with Gasteiger partial charge in [0, 0.05) is 17.5 Å². The van der Waals surface area contributed by atoms with Crippen molar-refractivity contribution in [2.75, 3.05) is 17.9 Å². The lowest BCUT2D eigenvalue weighted by atomic mass is 10.1. The van der Waals surface area contributed by atoms with E-state index in [-0.39, 0.29) is 0 Å². The predicted octanol–water partition coefficient (Wildman–Crippen LogP) is 2.95. The van der Waals surface area contributed by atoms with Crippen LogP contribution < -0.4 is 14.8 Å². The zero-order valence-corrected chi connectivity index (χ0v) is 11.3. The first-order valence-corrected chi connectivity index (χ1v) is 7.08. The molecule has 0 aromatic heterocycles. The Labute approximate surface area is 111 Å². The Bertz CT molecular complexity index is 488. The fraction of sp³-hybridized carbons (Fsp3) is 0.462. The van der Waals surface area contributed by atoms with E-state index in [0.717, 1.165) is 28.1 Å². The van der Waals surface area contributed by atoms with E-state index in [1.807, 2.05) is 18.2 Å². The third-order valence-electron chi connectivity index (χ3n) is 3.07. The molecule has 18 heavy (non-hydrogen) atoms. The van der Waals surface area contributed by atoms with E-state index in [1.165, 1.54) is 0 Å². The average Bonchev–Trinajstić information content (AvgIpc) is 2.96. The number of ether oxygens (including phenoxy) is 2. The summed E-state index contributed by atoms with van der Waals surface area (Å²) in [5.74, 6) is 3.25. The van der Waals surface area contributed by atoms with Crippen molar-refractivity contribution >= 4 is 22.6 Å². The van der Waals surface area contributed by atoms with Crippen LogP contribution in [0.15, 0.2) is 23.2 Å². The van der Waals surface area contributed by atoms with Crippen molar-refractivity contribution in [2.45, 2.75) is 19.9 Å². The molecule has 0 aliphatic carbocycles. The number of hydrogen-bond donors (Lipinski definition) is 1. The molecule has 0 bridgehead atoms. The van der Waals surface area contributed by atoms with Gasteiger partial charge in [-0.3, -0.25) is 4.99 Å². The molecule has 1 N–H and O–H groups in total. The molecule has 1 aromatic carbocycles. The molecule has 96 valence electrons. The van der Waals surface area contributed by atoms with Crippen molar-refractivity contribution in [1.29, 1.82) is 0 Å². The van der Waals surface area contributed by atoms with E-state index in [2.05, 4.69) is 24.2 Å². The summed E-state index contributed by atoms with van der Waals surface area (Å²) >= 11 is 1.77. The number of nitrogens with zero attached hydrogens (tertiary/aromatic N) is 1. The van der Waals surface area contributed by atoms with Crippen LogP contribution in [0.1, 0.15) is 13.8 Å². The maximum atomic E-state index is 5.35. The van der Waals surface area contributed by atoms with Crippen molar-refractivity contribution in [3.05, 3.63) is 18.2 Å². The average molecular weight is 264 g/mol. The minimum absolute atomic E-state index is 0.309. The van der Waals surface area contributed by atoms with Crippen molar-refractivity contribution in [1.82, 2.24) is 0 Å². The van der Waals surface area contributed by atoms with Gasteiger partial charge in [0.2, 0.25) is 6.79 Å². The molecule has 3 rings (SSSR count). The van der Waals surface area contributed by atoms with E-state index in [9.17, 15) is 0 Å². The highest BCUT2D eigenvalue weighted by Gasteiger charge is 2.21. The molecule has 0 amide bonds. The Kier molecular flexibility index (Phi) is 3.07. The van der Waals surface area contributed by atoms with Crippen molar-refractivity contribution in [2.24, 2.45) is 10.9 Å². The van der Waals surface area contributed by atoms with Crippen LogP contribution in [0, 0.1) is 5.92 Å². The smallest absolute Gasteiger partial charge is 0.231 e. The number of thioether (sulfide) groups is 1. The fourth-order valence-electron chi connectivity index (χ4n) is 1.90. The van der Waals surface area contributed by atoms with Gasteiger partial charge < -0.3 is 14.8 Å². The molecule has 0 fully saturated rings. The van der Waals surface area contributed by atoms with E-state index in [4.69, 9.17) is 9.47 Å². The summed E-state index contributed by atoms with van der Waals surface area (Å²) in [5.41, 5.74) is 0.995. The van der Waals surface area contributed by atoms with E-state index >= 15 is 0 Å². The molecule has 2 heterocycles. The molecule has 2 aliphatic heterocycles. The largest absolute Gasteiger partial charge is 0.454 e. The molecule has 1 aromatic rings. The number of hydrogen-bond acceptors (Lipinski definition) is 5. The van der Waals surface area contributed by atoms with Gasteiger partial charge in [-0.2, -0.15) is 0 Å². The minimum Gasteiger partial charge on any atom is -0.454 e. The summed E-state index contributed by atoms with van der Waals surface area (Å²) in [6.45, 7) is 4.72. The van der Waals surface area contributed by atoms with Crippen LogP contribution in [0.3, 0.4) is 0 Å². The topological polar surface area (TPSA) is 42.8 Å².